The van der Waals surface area contributed by atoms with E-state index in [-0.39, 0.29) is 25.5 Å². The molecular formula is C34H34N6O4. The van der Waals surface area contributed by atoms with E-state index in [4.69, 9.17) is 25.1 Å². The lowest BCUT2D eigenvalue weighted by molar-refractivity contribution is -0.129. The lowest BCUT2D eigenvalue weighted by Crippen LogP contribution is -2.52. The number of hydrazine groups is 1. The Morgan fingerprint density at radius 3 is 2.61 bits per heavy atom. The van der Waals surface area contributed by atoms with Crippen molar-refractivity contribution in [2.75, 3.05) is 13.2 Å². The Morgan fingerprint density at radius 1 is 1.07 bits per heavy atom. The van der Waals surface area contributed by atoms with E-state index in [9.17, 15) is 4.79 Å². The van der Waals surface area contributed by atoms with Crippen molar-refractivity contribution in [2.45, 2.75) is 37.6 Å². The number of benzene rings is 4. The first-order chi connectivity index (χ1) is 21.6. The van der Waals surface area contributed by atoms with Crippen LogP contribution < -0.4 is 15.6 Å². The van der Waals surface area contributed by atoms with Crippen LogP contribution in [-0.2, 0) is 22.6 Å². The second-order valence-corrected chi connectivity index (χ2v) is 10.3. The van der Waals surface area contributed by atoms with Crippen LogP contribution in [0.1, 0.15) is 41.2 Å². The van der Waals surface area contributed by atoms with E-state index in [1.807, 2.05) is 66.7 Å². The number of ether oxygens (including phenoxy) is 2. The summed E-state index contributed by atoms with van der Waals surface area (Å²) in [6.45, 7) is 4.86. The van der Waals surface area contributed by atoms with E-state index in [1.54, 1.807) is 18.2 Å². The normalized spacial score (nSPS) is 17.3. The molecule has 2 atom stereocenters. The average Bonchev–Trinajstić information content (AvgIpc) is 3.45. The van der Waals surface area contributed by atoms with Gasteiger partial charge in [0.1, 0.15) is 5.75 Å². The van der Waals surface area contributed by atoms with Crippen LogP contribution in [0.2, 0.25) is 0 Å². The van der Waals surface area contributed by atoms with Crippen molar-refractivity contribution < 1.29 is 19.4 Å². The number of hydrogen-bond acceptors (Lipinski definition) is 7. The number of nitrogens with zero attached hydrogens (tertiary/aromatic N) is 4. The number of azide groups is 1. The molecule has 0 unspecified atom stereocenters. The van der Waals surface area contributed by atoms with Gasteiger partial charge in [0.2, 0.25) is 5.90 Å². The van der Waals surface area contributed by atoms with Gasteiger partial charge < -0.3 is 14.6 Å². The average molecular weight is 591 g/mol. The standard InChI is InChI=1S/C34H34N6O4/c1-2-19-34(33(42)39-36-22-26-12-7-11-24-9-3-5-13-29(24)26)31(30-14-6-4-10-27(30)23-37-40-35)44-32(38-34)25-15-17-28(18-16-25)43-21-8-20-41/h2-7,9-18,31,36,41H,1,8,19-23H2,(H,39,42)/t31-,34-/m0/s1. The number of aliphatic hydroxyl groups is 1. The van der Waals surface area contributed by atoms with Crippen molar-refractivity contribution in [2.24, 2.45) is 10.1 Å². The molecule has 1 amide bonds. The Balaban J connectivity index is 1.47. The zero-order valence-electron chi connectivity index (χ0n) is 24.2. The van der Waals surface area contributed by atoms with Crippen molar-refractivity contribution in [3.63, 3.8) is 0 Å². The lowest BCUT2D eigenvalue weighted by Gasteiger charge is -2.30. The Bertz CT molecular complexity index is 1690. The van der Waals surface area contributed by atoms with Gasteiger partial charge in [0.25, 0.3) is 5.91 Å². The van der Waals surface area contributed by atoms with E-state index in [1.165, 1.54) is 0 Å². The summed E-state index contributed by atoms with van der Waals surface area (Å²) in [7, 11) is 0. The fourth-order valence-corrected chi connectivity index (χ4v) is 5.33. The molecule has 0 spiro atoms. The second-order valence-electron chi connectivity index (χ2n) is 10.3. The first kappa shape index (κ1) is 30.3. The van der Waals surface area contributed by atoms with Crippen LogP contribution in [0, 0.1) is 0 Å². The molecule has 0 saturated heterocycles. The Hall–Kier alpha value is -5.15. The first-order valence-corrected chi connectivity index (χ1v) is 14.4. The summed E-state index contributed by atoms with van der Waals surface area (Å²) in [5.74, 6) is 0.548. The molecular weight excluding hydrogens is 556 g/mol. The quantitative estimate of drug-likeness (QED) is 0.0409. The van der Waals surface area contributed by atoms with Gasteiger partial charge in [-0.05, 0) is 57.3 Å². The summed E-state index contributed by atoms with van der Waals surface area (Å²) >= 11 is 0. The highest BCUT2D eigenvalue weighted by Gasteiger charge is 2.53. The minimum absolute atomic E-state index is 0.0511. The van der Waals surface area contributed by atoms with E-state index >= 15 is 0 Å². The number of nitrogens with one attached hydrogen (secondary N) is 2. The number of carbonyl (C=O) groups excluding carboxylic acids is 1. The number of aliphatic imine (C=N–C) groups is 1. The molecule has 5 rings (SSSR count). The topological polar surface area (TPSA) is 141 Å². The molecule has 3 N–H and O–H groups in total. The zero-order valence-corrected chi connectivity index (χ0v) is 24.2. The molecule has 0 fully saturated rings. The molecule has 0 aliphatic carbocycles. The fourth-order valence-electron chi connectivity index (χ4n) is 5.33. The molecule has 10 heteroatoms. The molecule has 4 aromatic rings. The smallest absolute Gasteiger partial charge is 0.266 e. The third-order valence-electron chi connectivity index (χ3n) is 7.49. The second kappa shape index (κ2) is 14.3. The summed E-state index contributed by atoms with van der Waals surface area (Å²) in [4.78, 5) is 22.0. The molecule has 1 aliphatic heterocycles. The molecule has 0 aromatic heterocycles. The number of amides is 1. The van der Waals surface area contributed by atoms with Gasteiger partial charge in [-0.3, -0.25) is 10.2 Å². The highest BCUT2D eigenvalue weighted by Crippen LogP contribution is 2.44. The Labute approximate surface area is 255 Å². The third kappa shape index (κ3) is 6.58. The number of carbonyl (C=O) groups is 1. The maximum absolute atomic E-state index is 14.2. The Morgan fingerprint density at radius 2 is 1.82 bits per heavy atom. The molecule has 0 saturated carbocycles. The van der Waals surface area contributed by atoms with E-state index in [2.05, 4.69) is 39.6 Å². The maximum atomic E-state index is 14.2. The molecule has 0 bridgehead atoms. The number of fused-ring (bicyclic) bond motifs is 1. The van der Waals surface area contributed by atoms with Crippen LogP contribution in [0.25, 0.3) is 21.2 Å². The molecule has 224 valence electrons. The van der Waals surface area contributed by atoms with Gasteiger partial charge in [0.05, 0.1) is 13.2 Å². The van der Waals surface area contributed by atoms with Crippen molar-refractivity contribution in [1.82, 2.24) is 10.9 Å². The van der Waals surface area contributed by atoms with Crippen LogP contribution in [0.4, 0.5) is 0 Å². The van der Waals surface area contributed by atoms with E-state index in [0.717, 1.165) is 21.9 Å². The van der Waals surface area contributed by atoms with Crippen molar-refractivity contribution in [1.29, 1.82) is 0 Å². The zero-order chi connectivity index (χ0) is 30.8. The number of hydrogen-bond donors (Lipinski definition) is 3. The van der Waals surface area contributed by atoms with E-state index in [0.29, 0.717) is 42.3 Å². The minimum atomic E-state index is -1.41. The summed E-state index contributed by atoms with van der Waals surface area (Å²) in [5.41, 5.74) is 16.7. The van der Waals surface area contributed by atoms with Crippen molar-refractivity contribution in [3.05, 3.63) is 136 Å². The van der Waals surface area contributed by atoms with Crippen LogP contribution in [0.15, 0.2) is 114 Å². The van der Waals surface area contributed by atoms with Crippen LogP contribution in [-0.4, -0.2) is 35.7 Å². The number of aliphatic hydroxyl groups excluding tert-OH is 1. The van der Waals surface area contributed by atoms with Gasteiger partial charge in [-0.15, -0.1) is 6.58 Å². The first-order valence-electron chi connectivity index (χ1n) is 14.4. The monoisotopic (exact) mass is 590 g/mol. The maximum Gasteiger partial charge on any atom is 0.266 e. The molecule has 44 heavy (non-hydrogen) atoms. The molecule has 10 nitrogen and oxygen atoms in total. The van der Waals surface area contributed by atoms with Gasteiger partial charge in [0.15, 0.2) is 11.6 Å². The van der Waals surface area contributed by atoms with Gasteiger partial charge in [0, 0.05) is 36.5 Å². The van der Waals surface area contributed by atoms with Crippen LogP contribution in [0.5, 0.6) is 5.75 Å². The van der Waals surface area contributed by atoms with Crippen LogP contribution >= 0.6 is 0 Å². The van der Waals surface area contributed by atoms with Crippen molar-refractivity contribution in [3.8, 4) is 5.75 Å². The molecule has 0 radical (unpaired) electrons. The van der Waals surface area contributed by atoms with Gasteiger partial charge in [-0.1, -0.05) is 77.9 Å². The summed E-state index contributed by atoms with van der Waals surface area (Å²) in [6, 6.07) is 28.8. The van der Waals surface area contributed by atoms with Gasteiger partial charge in [-0.25, -0.2) is 10.4 Å². The van der Waals surface area contributed by atoms with Gasteiger partial charge >= 0.3 is 0 Å². The summed E-state index contributed by atoms with van der Waals surface area (Å²) < 4.78 is 12.2. The fraction of sp³-hybridized carbons (Fsp3) is 0.235. The van der Waals surface area contributed by atoms with Crippen LogP contribution in [0.3, 0.4) is 0 Å². The highest BCUT2D eigenvalue weighted by atomic mass is 16.5. The summed E-state index contributed by atoms with van der Waals surface area (Å²) in [5, 5.41) is 15.0. The van der Waals surface area contributed by atoms with E-state index < -0.39 is 11.6 Å². The molecule has 1 heterocycles. The third-order valence-corrected chi connectivity index (χ3v) is 7.49. The largest absolute Gasteiger partial charge is 0.494 e. The summed E-state index contributed by atoms with van der Waals surface area (Å²) in [6.07, 6.45) is 1.53. The molecule has 1 aliphatic rings. The van der Waals surface area contributed by atoms with Gasteiger partial charge in [-0.2, -0.15) is 0 Å². The SMILES string of the molecule is C=CC[C@]1(C(=O)NNCc2cccc3ccccc23)N=C(c2ccc(OCCCO)cc2)O[C@H]1c1ccccc1CN=[N+]=[N-]. The predicted molar refractivity (Wildman–Crippen MR) is 170 cm³/mol. The number of rotatable bonds is 14. The highest BCUT2D eigenvalue weighted by molar-refractivity contribution is 6.01. The predicted octanol–water partition coefficient (Wildman–Crippen LogP) is 6.07. The minimum Gasteiger partial charge on any atom is -0.494 e. The Kier molecular flexibility index (Phi) is 9.89. The molecule has 4 aromatic carbocycles. The van der Waals surface area contributed by atoms with Crippen molar-refractivity contribution >= 4 is 22.6 Å². The lowest BCUT2D eigenvalue weighted by atomic mass is 9.83.